The maximum Gasteiger partial charge on any atom is 0.0978 e. The van der Waals surface area contributed by atoms with Crippen molar-refractivity contribution in [3.05, 3.63) is 0 Å². The van der Waals surface area contributed by atoms with Crippen LogP contribution in [0.4, 0.5) is 4.39 Å². The molecule has 94 valence electrons. The van der Waals surface area contributed by atoms with Gasteiger partial charge in [0.15, 0.2) is 0 Å². The molecule has 0 aliphatic heterocycles. The van der Waals surface area contributed by atoms with Crippen molar-refractivity contribution in [2.45, 2.75) is 53.1 Å². The summed E-state index contributed by atoms with van der Waals surface area (Å²) in [4.78, 5) is 0. The van der Waals surface area contributed by atoms with Gasteiger partial charge in [0.2, 0.25) is 0 Å². The minimum atomic E-state index is -0.218. The van der Waals surface area contributed by atoms with E-state index in [1.165, 1.54) is 12.8 Å². The molecule has 0 N–H and O–H groups in total. The molecule has 2 rings (SSSR count). The largest absolute Gasteiger partial charge is 0.377 e. The number of hydrogen-bond acceptors (Lipinski definition) is 1. The van der Waals surface area contributed by atoms with E-state index in [4.69, 9.17) is 4.74 Å². The van der Waals surface area contributed by atoms with Gasteiger partial charge in [0.25, 0.3) is 0 Å². The average Bonchev–Trinajstić information content (AvgIpc) is 3.11. The van der Waals surface area contributed by atoms with E-state index in [9.17, 15) is 4.39 Å². The van der Waals surface area contributed by atoms with Gasteiger partial charge in [-0.3, -0.25) is 4.39 Å². The predicted octanol–water partition coefficient (Wildman–Crippen LogP) is 3.82. The van der Waals surface area contributed by atoms with Crippen molar-refractivity contribution in [2.75, 3.05) is 13.3 Å². The number of halogens is 1. The van der Waals surface area contributed by atoms with Crippen LogP contribution in [-0.4, -0.2) is 19.4 Å². The Morgan fingerprint density at radius 3 is 2.12 bits per heavy atom. The first kappa shape index (κ1) is 12.3. The molecule has 2 fully saturated rings. The molecule has 2 heteroatoms. The third-order valence-corrected chi connectivity index (χ3v) is 5.13. The Hall–Kier alpha value is -0.110. The minimum absolute atomic E-state index is 0.146. The molecule has 2 saturated carbocycles. The SMILES string of the molecule is CC(C)C1(COC2CC2(CF)C(C)C)CC1. The van der Waals surface area contributed by atoms with Crippen LogP contribution in [0.1, 0.15) is 47.0 Å². The van der Waals surface area contributed by atoms with Crippen LogP contribution in [0.15, 0.2) is 0 Å². The Balaban J connectivity index is 1.81. The summed E-state index contributed by atoms with van der Waals surface area (Å²) in [7, 11) is 0. The lowest BCUT2D eigenvalue weighted by molar-refractivity contribution is 0.0257. The van der Waals surface area contributed by atoms with E-state index in [0.717, 1.165) is 13.0 Å². The van der Waals surface area contributed by atoms with Crippen molar-refractivity contribution in [3.8, 4) is 0 Å². The van der Waals surface area contributed by atoms with Gasteiger partial charge in [0.1, 0.15) is 0 Å². The number of alkyl halides is 1. The molecule has 16 heavy (non-hydrogen) atoms. The lowest BCUT2D eigenvalue weighted by Crippen LogP contribution is -2.23. The summed E-state index contributed by atoms with van der Waals surface area (Å²) >= 11 is 0. The zero-order chi connectivity index (χ0) is 12.0. The molecule has 0 spiro atoms. The summed E-state index contributed by atoms with van der Waals surface area (Å²) < 4.78 is 19.0. The summed E-state index contributed by atoms with van der Waals surface area (Å²) in [5.74, 6) is 1.10. The van der Waals surface area contributed by atoms with Crippen molar-refractivity contribution in [1.29, 1.82) is 0 Å². The van der Waals surface area contributed by atoms with Gasteiger partial charge >= 0.3 is 0 Å². The second-order valence-corrected chi connectivity index (χ2v) is 6.54. The molecular weight excluding hydrogens is 203 g/mol. The van der Waals surface area contributed by atoms with E-state index in [-0.39, 0.29) is 18.2 Å². The minimum Gasteiger partial charge on any atom is -0.377 e. The fourth-order valence-electron chi connectivity index (χ4n) is 2.73. The first-order valence-electron chi connectivity index (χ1n) is 6.64. The van der Waals surface area contributed by atoms with E-state index in [1.54, 1.807) is 0 Å². The Bertz CT molecular complexity index is 257. The predicted molar refractivity (Wildman–Crippen MR) is 64.1 cm³/mol. The molecule has 0 bridgehead atoms. The smallest absolute Gasteiger partial charge is 0.0978 e. The molecule has 0 radical (unpaired) electrons. The van der Waals surface area contributed by atoms with Crippen molar-refractivity contribution in [3.63, 3.8) is 0 Å². The van der Waals surface area contributed by atoms with E-state index < -0.39 is 0 Å². The van der Waals surface area contributed by atoms with E-state index >= 15 is 0 Å². The Labute approximate surface area is 98.8 Å². The fourth-order valence-corrected chi connectivity index (χ4v) is 2.73. The van der Waals surface area contributed by atoms with Gasteiger partial charge in [0.05, 0.1) is 19.4 Å². The van der Waals surface area contributed by atoms with E-state index in [1.807, 2.05) is 0 Å². The van der Waals surface area contributed by atoms with Gasteiger partial charge in [-0.1, -0.05) is 27.7 Å². The van der Waals surface area contributed by atoms with Crippen molar-refractivity contribution in [2.24, 2.45) is 22.7 Å². The molecule has 0 aromatic rings. The molecule has 2 aliphatic rings. The molecule has 1 nitrogen and oxygen atoms in total. The Morgan fingerprint density at radius 2 is 1.81 bits per heavy atom. The highest BCUT2D eigenvalue weighted by molar-refractivity contribution is 5.07. The van der Waals surface area contributed by atoms with Gasteiger partial charge in [0, 0.05) is 5.41 Å². The quantitative estimate of drug-likeness (QED) is 0.671. The molecule has 2 atom stereocenters. The zero-order valence-corrected chi connectivity index (χ0v) is 11.1. The van der Waals surface area contributed by atoms with Crippen LogP contribution in [-0.2, 0) is 4.74 Å². The highest BCUT2D eigenvalue weighted by Crippen LogP contribution is 2.57. The number of hydrogen-bond donors (Lipinski definition) is 0. The normalized spacial score (nSPS) is 35.8. The fraction of sp³-hybridized carbons (Fsp3) is 1.00. The van der Waals surface area contributed by atoms with Gasteiger partial charge in [-0.05, 0) is 36.5 Å². The standard InChI is InChI=1S/C14H25FO/c1-10(2)13(5-6-13)9-16-12-7-14(12,8-15)11(3)4/h10-12H,5-9H2,1-4H3. The molecule has 2 aliphatic carbocycles. The molecule has 0 aromatic heterocycles. The molecule has 0 heterocycles. The lowest BCUT2D eigenvalue weighted by atomic mass is 9.92. The van der Waals surface area contributed by atoms with Crippen LogP contribution in [0, 0.1) is 22.7 Å². The van der Waals surface area contributed by atoms with E-state index in [0.29, 0.717) is 17.3 Å². The van der Waals surface area contributed by atoms with Gasteiger partial charge in [-0.2, -0.15) is 0 Å². The third kappa shape index (κ3) is 1.90. The summed E-state index contributed by atoms with van der Waals surface area (Å²) in [6, 6.07) is 0. The summed E-state index contributed by atoms with van der Waals surface area (Å²) in [5, 5.41) is 0. The zero-order valence-electron chi connectivity index (χ0n) is 11.1. The van der Waals surface area contributed by atoms with Gasteiger partial charge < -0.3 is 4.74 Å². The summed E-state index contributed by atoms with van der Waals surface area (Å²) in [6.45, 7) is 9.40. The monoisotopic (exact) mass is 228 g/mol. The molecular formula is C14H25FO. The van der Waals surface area contributed by atoms with Crippen LogP contribution < -0.4 is 0 Å². The highest BCUT2D eigenvalue weighted by atomic mass is 19.1. The van der Waals surface area contributed by atoms with Gasteiger partial charge in [-0.25, -0.2) is 0 Å². The first-order valence-corrected chi connectivity index (χ1v) is 6.64. The van der Waals surface area contributed by atoms with Crippen LogP contribution in [0.3, 0.4) is 0 Å². The van der Waals surface area contributed by atoms with Gasteiger partial charge in [-0.15, -0.1) is 0 Å². The van der Waals surface area contributed by atoms with Crippen LogP contribution in [0.2, 0.25) is 0 Å². The Kier molecular flexibility index (Phi) is 3.07. The highest BCUT2D eigenvalue weighted by Gasteiger charge is 2.58. The number of rotatable bonds is 6. The van der Waals surface area contributed by atoms with Crippen LogP contribution in [0.5, 0.6) is 0 Å². The number of ether oxygens (including phenoxy) is 1. The Morgan fingerprint density at radius 1 is 1.19 bits per heavy atom. The first-order chi connectivity index (χ1) is 7.47. The topological polar surface area (TPSA) is 9.23 Å². The van der Waals surface area contributed by atoms with E-state index in [2.05, 4.69) is 27.7 Å². The van der Waals surface area contributed by atoms with Crippen LogP contribution >= 0.6 is 0 Å². The maximum absolute atomic E-state index is 13.0. The van der Waals surface area contributed by atoms with Crippen molar-refractivity contribution < 1.29 is 9.13 Å². The third-order valence-electron chi connectivity index (χ3n) is 5.13. The molecule has 2 unspecified atom stereocenters. The second kappa shape index (κ2) is 3.97. The maximum atomic E-state index is 13.0. The van der Waals surface area contributed by atoms with Crippen molar-refractivity contribution in [1.82, 2.24) is 0 Å². The summed E-state index contributed by atoms with van der Waals surface area (Å²) in [5.41, 5.74) is 0.286. The molecule has 0 saturated heterocycles. The molecule has 0 aromatic carbocycles. The second-order valence-electron chi connectivity index (χ2n) is 6.54. The van der Waals surface area contributed by atoms with Crippen LogP contribution in [0.25, 0.3) is 0 Å². The van der Waals surface area contributed by atoms with Crippen molar-refractivity contribution >= 4 is 0 Å². The summed E-state index contributed by atoms with van der Waals surface area (Å²) in [6.07, 6.45) is 3.70. The average molecular weight is 228 g/mol. The lowest BCUT2D eigenvalue weighted by Gasteiger charge is -2.22. The molecule has 0 amide bonds.